The van der Waals surface area contributed by atoms with Crippen molar-refractivity contribution in [2.45, 2.75) is 45.8 Å². The minimum atomic E-state index is -0.394. The van der Waals surface area contributed by atoms with Gasteiger partial charge in [-0.25, -0.2) is 0 Å². The van der Waals surface area contributed by atoms with Gasteiger partial charge in [-0.1, -0.05) is 19.4 Å². The van der Waals surface area contributed by atoms with Gasteiger partial charge in [-0.2, -0.15) is 0 Å². The second-order valence-electron chi connectivity index (χ2n) is 6.06. The van der Waals surface area contributed by atoms with Crippen LogP contribution in [0, 0.1) is 12.3 Å². The average Bonchev–Trinajstić information content (AvgIpc) is 2.43. The summed E-state index contributed by atoms with van der Waals surface area (Å²) >= 11 is 0. The van der Waals surface area contributed by atoms with E-state index in [1.165, 1.54) is 0 Å². The lowest BCUT2D eigenvalue weighted by atomic mass is 9.74. The van der Waals surface area contributed by atoms with E-state index >= 15 is 0 Å². The lowest BCUT2D eigenvalue weighted by Crippen LogP contribution is -2.53. The molecule has 2 N–H and O–H groups in total. The van der Waals surface area contributed by atoms with Gasteiger partial charge in [0.25, 0.3) is 0 Å². The van der Waals surface area contributed by atoms with E-state index in [1.54, 1.807) is 0 Å². The van der Waals surface area contributed by atoms with Gasteiger partial charge in [0.2, 0.25) is 0 Å². The Morgan fingerprint density at radius 1 is 1.45 bits per heavy atom. The van der Waals surface area contributed by atoms with Gasteiger partial charge in [0, 0.05) is 30.7 Å². The van der Waals surface area contributed by atoms with Crippen molar-refractivity contribution in [3.63, 3.8) is 0 Å². The van der Waals surface area contributed by atoms with Crippen molar-refractivity contribution < 1.29 is 10.2 Å². The summed E-state index contributed by atoms with van der Waals surface area (Å²) in [5.74, 6) is 0. The summed E-state index contributed by atoms with van der Waals surface area (Å²) in [6, 6.07) is 6.07. The third-order valence-corrected chi connectivity index (χ3v) is 4.36. The van der Waals surface area contributed by atoms with E-state index in [9.17, 15) is 10.2 Å². The highest BCUT2D eigenvalue weighted by Gasteiger charge is 2.41. The van der Waals surface area contributed by atoms with Crippen LogP contribution in [0.3, 0.4) is 0 Å². The summed E-state index contributed by atoms with van der Waals surface area (Å²) in [7, 11) is 0. The molecule has 0 aromatic carbocycles. The molecule has 2 rings (SSSR count). The maximum atomic E-state index is 10.3. The Bertz CT molecular complexity index is 438. The normalized spacial score (nSPS) is 27.7. The van der Waals surface area contributed by atoms with E-state index in [0.29, 0.717) is 0 Å². The van der Waals surface area contributed by atoms with Gasteiger partial charge in [-0.15, -0.1) is 0 Å². The summed E-state index contributed by atoms with van der Waals surface area (Å²) in [6.45, 7) is 6.56. The molecule has 0 aliphatic carbocycles. The fraction of sp³-hybridized carbons (Fsp3) is 0.688. The fourth-order valence-corrected chi connectivity index (χ4v) is 3.27. The number of aryl methyl sites for hydroxylation is 1. The number of aliphatic hydroxyl groups is 2. The second kappa shape index (κ2) is 6.66. The first-order valence-corrected chi connectivity index (χ1v) is 7.53. The average molecular weight is 278 g/mol. The van der Waals surface area contributed by atoms with Crippen LogP contribution >= 0.6 is 0 Å². The first-order valence-electron chi connectivity index (χ1n) is 7.53. The van der Waals surface area contributed by atoms with Crippen molar-refractivity contribution in [3.05, 3.63) is 29.6 Å². The van der Waals surface area contributed by atoms with Crippen LogP contribution in [0.25, 0.3) is 0 Å². The van der Waals surface area contributed by atoms with Crippen molar-refractivity contribution in [2.24, 2.45) is 5.41 Å². The van der Waals surface area contributed by atoms with Crippen LogP contribution in [0.5, 0.6) is 0 Å². The standard InChI is InChI=1S/C16H26N2O2/c1-3-8-16(12-19)11-18(9-7-15(16)20)10-14-6-4-5-13(2)17-14/h4-6,15,19-20H,3,7-12H2,1-2H3/t15-,16-/m0/s1. The minimum Gasteiger partial charge on any atom is -0.396 e. The molecule has 0 radical (unpaired) electrons. The summed E-state index contributed by atoms with van der Waals surface area (Å²) in [5, 5.41) is 20.0. The molecule has 20 heavy (non-hydrogen) atoms. The maximum absolute atomic E-state index is 10.3. The third kappa shape index (κ3) is 3.37. The Hall–Kier alpha value is -0.970. The predicted octanol–water partition coefficient (Wildman–Crippen LogP) is 1.74. The number of likely N-dealkylation sites (tertiary alicyclic amines) is 1. The molecule has 112 valence electrons. The Labute approximate surface area is 121 Å². The maximum Gasteiger partial charge on any atom is 0.0642 e. The number of hydrogen-bond acceptors (Lipinski definition) is 4. The van der Waals surface area contributed by atoms with E-state index in [2.05, 4.69) is 16.8 Å². The van der Waals surface area contributed by atoms with Crippen molar-refractivity contribution in [1.82, 2.24) is 9.88 Å². The van der Waals surface area contributed by atoms with Crippen molar-refractivity contribution in [3.8, 4) is 0 Å². The van der Waals surface area contributed by atoms with Gasteiger partial charge in [0.05, 0.1) is 18.4 Å². The summed E-state index contributed by atoms with van der Waals surface area (Å²) in [4.78, 5) is 6.85. The number of rotatable bonds is 5. The number of pyridine rings is 1. The second-order valence-corrected chi connectivity index (χ2v) is 6.06. The zero-order valence-corrected chi connectivity index (χ0v) is 12.5. The van der Waals surface area contributed by atoms with Crippen LogP contribution in [-0.4, -0.2) is 45.9 Å². The number of aliphatic hydroxyl groups excluding tert-OH is 2. The van der Waals surface area contributed by atoms with Gasteiger partial charge in [0.1, 0.15) is 0 Å². The Kier molecular flexibility index (Phi) is 5.13. The summed E-state index contributed by atoms with van der Waals surface area (Å²) < 4.78 is 0. The van der Waals surface area contributed by atoms with E-state index in [-0.39, 0.29) is 12.0 Å². The van der Waals surface area contributed by atoms with Gasteiger partial charge >= 0.3 is 0 Å². The number of piperidine rings is 1. The molecule has 1 saturated heterocycles. The van der Waals surface area contributed by atoms with Crippen LogP contribution in [0.4, 0.5) is 0 Å². The van der Waals surface area contributed by atoms with Gasteiger partial charge in [-0.3, -0.25) is 9.88 Å². The van der Waals surface area contributed by atoms with Crippen molar-refractivity contribution in [1.29, 1.82) is 0 Å². The third-order valence-electron chi connectivity index (χ3n) is 4.36. The van der Waals surface area contributed by atoms with Crippen LogP contribution in [0.15, 0.2) is 18.2 Å². The van der Waals surface area contributed by atoms with Gasteiger partial charge in [0.15, 0.2) is 0 Å². The Morgan fingerprint density at radius 3 is 2.90 bits per heavy atom. The van der Waals surface area contributed by atoms with Crippen molar-refractivity contribution >= 4 is 0 Å². The van der Waals surface area contributed by atoms with Crippen LogP contribution < -0.4 is 0 Å². The highest BCUT2D eigenvalue weighted by molar-refractivity contribution is 5.10. The van der Waals surface area contributed by atoms with E-state index < -0.39 is 6.10 Å². The minimum absolute atomic E-state index is 0.0553. The molecular formula is C16H26N2O2. The fourth-order valence-electron chi connectivity index (χ4n) is 3.27. The molecular weight excluding hydrogens is 252 g/mol. The molecule has 0 amide bonds. The molecule has 4 nitrogen and oxygen atoms in total. The molecule has 0 bridgehead atoms. The molecule has 1 fully saturated rings. The zero-order valence-electron chi connectivity index (χ0n) is 12.5. The lowest BCUT2D eigenvalue weighted by molar-refractivity contribution is -0.0822. The SMILES string of the molecule is CCC[C@@]1(CO)CN(Cc2cccc(C)n2)CC[C@@H]1O. The summed E-state index contributed by atoms with van der Waals surface area (Å²) in [6.07, 6.45) is 2.18. The first kappa shape index (κ1) is 15.4. The predicted molar refractivity (Wildman–Crippen MR) is 79.3 cm³/mol. The van der Waals surface area contributed by atoms with E-state index in [4.69, 9.17) is 0 Å². The molecule has 2 atom stereocenters. The van der Waals surface area contributed by atoms with Crippen LogP contribution in [-0.2, 0) is 6.54 Å². The molecule has 0 saturated carbocycles. The molecule has 0 spiro atoms. The summed E-state index contributed by atoms with van der Waals surface area (Å²) in [5.41, 5.74) is 1.72. The van der Waals surface area contributed by atoms with Gasteiger partial charge in [-0.05, 0) is 31.9 Å². The number of hydrogen-bond donors (Lipinski definition) is 2. The number of aromatic nitrogens is 1. The van der Waals surface area contributed by atoms with Crippen LogP contribution in [0.1, 0.15) is 37.6 Å². The number of nitrogens with zero attached hydrogens (tertiary/aromatic N) is 2. The topological polar surface area (TPSA) is 56.6 Å². The molecule has 1 aliphatic rings. The molecule has 2 heterocycles. The lowest BCUT2D eigenvalue weighted by Gasteiger charge is -2.45. The molecule has 4 heteroatoms. The largest absolute Gasteiger partial charge is 0.396 e. The molecule has 1 aromatic rings. The highest BCUT2D eigenvalue weighted by Crippen LogP contribution is 2.35. The smallest absolute Gasteiger partial charge is 0.0642 e. The highest BCUT2D eigenvalue weighted by atomic mass is 16.3. The quantitative estimate of drug-likeness (QED) is 0.861. The monoisotopic (exact) mass is 278 g/mol. The first-order chi connectivity index (χ1) is 9.59. The Balaban J connectivity index is 2.06. The molecule has 0 unspecified atom stereocenters. The zero-order chi connectivity index (χ0) is 14.6. The van der Waals surface area contributed by atoms with Crippen molar-refractivity contribution in [2.75, 3.05) is 19.7 Å². The Morgan fingerprint density at radius 2 is 2.25 bits per heavy atom. The van der Waals surface area contributed by atoms with E-state index in [0.717, 1.165) is 50.3 Å². The van der Waals surface area contributed by atoms with Crippen LogP contribution in [0.2, 0.25) is 0 Å². The van der Waals surface area contributed by atoms with E-state index in [1.807, 2.05) is 25.1 Å². The van der Waals surface area contributed by atoms with Gasteiger partial charge < -0.3 is 10.2 Å². The molecule has 1 aromatic heterocycles. The molecule has 1 aliphatic heterocycles.